The lowest BCUT2D eigenvalue weighted by Crippen LogP contribution is -2.70. The van der Waals surface area contributed by atoms with Gasteiger partial charge in [-0.2, -0.15) is 0 Å². The van der Waals surface area contributed by atoms with Gasteiger partial charge in [0.05, 0.1) is 39.6 Å². The van der Waals surface area contributed by atoms with E-state index in [-0.39, 0.29) is 0 Å². The smallest absolute Gasteiger partial charge is 0.217 e. The number of hydrogen-bond acceptors (Lipinski definition) is 31. The first kappa shape index (κ1) is 62.5. The first-order valence-corrected chi connectivity index (χ1v) is 24.1. The summed E-state index contributed by atoms with van der Waals surface area (Å²) in [7, 11) is 0. The van der Waals surface area contributed by atoms with Gasteiger partial charge in [-0.3, -0.25) is 14.4 Å². The molecule has 440 valence electrons. The molecule has 6 heterocycles. The van der Waals surface area contributed by atoms with Gasteiger partial charge in [0, 0.05) is 20.8 Å². The Balaban J connectivity index is 1.22. The normalized spacial score (nSPS) is 48.2. The van der Waals surface area contributed by atoms with Crippen LogP contribution in [0.2, 0.25) is 0 Å². The third-order valence-corrected chi connectivity index (χ3v) is 13.6. The van der Waals surface area contributed by atoms with Crippen LogP contribution in [0.4, 0.5) is 0 Å². The molecule has 0 aliphatic carbocycles. The maximum Gasteiger partial charge on any atom is 0.217 e. The van der Waals surface area contributed by atoms with Gasteiger partial charge in [0.2, 0.25) is 17.7 Å². The lowest BCUT2D eigenvalue weighted by molar-refractivity contribution is -0.376. The minimum absolute atomic E-state index is 0.779. The van der Waals surface area contributed by atoms with Gasteiger partial charge >= 0.3 is 0 Å². The number of ether oxygens (including phenoxy) is 11. The van der Waals surface area contributed by atoms with Crippen molar-refractivity contribution in [2.45, 2.75) is 205 Å². The fraction of sp³-hybridized carbons (Fsp3) is 0.929. The molecule has 30 atom stereocenters. The van der Waals surface area contributed by atoms with Crippen molar-refractivity contribution >= 4 is 17.7 Å². The van der Waals surface area contributed by atoms with Crippen molar-refractivity contribution in [2.75, 3.05) is 39.6 Å². The largest absolute Gasteiger partial charge is 0.394 e. The average Bonchev–Trinajstić information content (AvgIpc) is 3.37. The maximum absolute atomic E-state index is 12.6. The van der Waals surface area contributed by atoms with Crippen molar-refractivity contribution in [3.8, 4) is 0 Å². The van der Waals surface area contributed by atoms with Gasteiger partial charge in [0.15, 0.2) is 37.7 Å². The molecule has 76 heavy (non-hydrogen) atoms. The summed E-state index contributed by atoms with van der Waals surface area (Å²) in [4.78, 5) is 37.5. The summed E-state index contributed by atoms with van der Waals surface area (Å²) in [5.41, 5.74) is 0. The number of aliphatic hydroxyl groups is 17. The first-order valence-electron chi connectivity index (χ1n) is 24.1. The molecule has 0 aromatic heterocycles. The summed E-state index contributed by atoms with van der Waals surface area (Å²) in [6.45, 7) is -2.48. The van der Waals surface area contributed by atoms with E-state index in [4.69, 9.17) is 52.1 Å². The fourth-order valence-corrected chi connectivity index (χ4v) is 9.62. The highest BCUT2D eigenvalue weighted by Crippen LogP contribution is 2.36. The highest BCUT2D eigenvalue weighted by molar-refractivity contribution is 5.74. The van der Waals surface area contributed by atoms with Gasteiger partial charge in [-0.1, -0.05) is 0 Å². The molecule has 6 fully saturated rings. The van der Waals surface area contributed by atoms with Crippen LogP contribution in [0.15, 0.2) is 0 Å². The molecule has 0 unspecified atom stereocenters. The number of carbonyl (C=O) groups is 3. The average molecular weight is 1110 g/mol. The number of nitrogens with one attached hydrogen (secondary N) is 3. The van der Waals surface area contributed by atoms with E-state index in [1.54, 1.807) is 0 Å². The molecule has 3 amide bonds. The van der Waals surface area contributed by atoms with E-state index in [0.29, 0.717) is 0 Å². The van der Waals surface area contributed by atoms with Crippen LogP contribution >= 0.6 is 0 Å². The molecule has 6 aliphatic rings. The Morgan fingerprint density at radius 1 is 0.342 bits per heavy atom. The van der Waals surface area contributed by atoms with E-state index >= 15 is 0 Å². The molecule has 0 aromatic carbocycles. The highest BCUT2D eigenvalue weighted by atomic mass is 16.8. The SMILES string of the molecule is CC(=O)N[C@@H]1[C@@H](O[C@@H]2O[C@H](CO)[C@H](O)[C@H](O[C@@H]3O[C@H](CO)[C@@H](O)[C@H](O[C@@H]4O[C@H](CO)[C@H](O)[C@H](O)[C@H]4O)[C@H]3NC(C)=O)[C@H]2O)[C@@H](O)[C@@H](CO[C@@H]2O[C@H](CO)[C@@H](O[C@@H]3O[C@H](CO)[C@H](O)[C@H](O)[C@H]3O)[C@H](O)[C@H]2NC(C)=O)O[C@H]1O. The Bertz CT molecular complexity index is 1870. The monoisotopic (exact) mass is 1110 g/mol. The van der Waals surface area contributed by atoms with Gasteiger partial charge in [0.1, 0.15) is 146 Å². The molecular formula is C42H71N3O31. The van der Waals surface area contributed by atoms with E-state index in [2.05, 4.69) is 16.0 Å². The molecule has 0 saturated carbocycles. The second-order valence-corrected chi connectivity index (χ2v) is 19.0. The van der Waals surface area contributed by atoms with E-state index in [1.165, 1.54) is 0 Å². The Labute approximate surface area is 431 Å². The predicted octanol–water partition coefficient (Wildman–Crippen LogP) is -13.7. The first-order chi connectivity index (χ1) is 35.9. The van der Waals surface area contributed by atoms with Crippen LogP contribution in [0.1, 0.15) is 20.8 Å². The van der Waals surface area contributed by atoms with Crippen molar-refractivity contribution in [2.24, 2.45) is 0 Å². The van der Waals surface area contributed by atoms with E-state index in [0.717, 1.165) is 20.8 Å². The maximum atomic E-state index is 12.6. The lowest BCUT2D eigenvalue weighted by Gasteiger charge is -2.50. The Kier molecular flexibility index (Phi) is 22.3. The minimum Gasteiger partial charge on any atom is -0.394 e. The third kappa shape index (κ3) is 13.7. The van der Waals surface area contributed by atoms with Crippen LogP contribution in [-0.2, 0) is 66.5 Å². The van der Waals surface area contributed by atoms with Crippen LogP contribution in [-0.4, -0.2) is 328 Å². The highest BCUT2D eigenvalue weighted by Gasteiger charge is 2.57. The molecule has 0 bridgehead atoms. The molecule has 0 radical (unpaired) electrons. The third-order valence-electron chi connectivity index (χ3n) is 13.6. The summed E-state index contributed by atoms with van der Waals surface area (Å²) < 4.78 is 63.0. The van der Waals surface area contributed by atoms with E-state index in [9.17, 15) is 101 Å². The molecule has 20 N–H and O–H groups in total. The van der Waals surface area contributed by atoms with Gasteiger partial charge < -0.3 is 155 Å². The predicted molar refractivity (Wildman–Crippen MR) is 234 cm³/mol. The topological polar surface area (TPSA) is 533 Å². The van der Waals surface area contributed by atoms with Gasteiger partial charge in [-0.05, 0) is 0 Å². The van der Waals surface area contributed by atoms with Crippen LogP contribution in [0.5, 0.6) is 0 Å². The molecule has 34 heteroatoms. The Morgan fingerprint density at radius 2 is 0.697 bits per heavy atom. The molecule has 6 saturated heterocycles. The number of aliphatic hydroxyl groups excluding tert-OH is 17. The van der Waals surface area contributed by atoms with Crippen LogP contribution < -0.4 is 16.0 Å². The lowest BCUT2D eigenvalue weighted by atomic mass is 9.94. The zero-order chi connectivity index (χ0) is 56.2. The van der Waals surface area contributed by atoms with E-state index < -0.39 is 241 Å². The number of rotatable bonds is 19. The molecular weight excluding hydrogens is 1040 g/mol. The summed E-state index contributed by atoms with van der Waals surface area (Å²) in [5.74, 6) is -2.44. The van der Waals surface area contributed by atoms with Gasteiger partial charge in [-0.15, -0.1) is 0 Å². The molecule has 0 spiro atoms. The fourth-order valence-electron chi connectivity index (χ4n) is 9.62. The molecule has 6 rings (SSSR count). The zero-order valence-electron chi connectivity index (χ0n) is 40.9. The van der Waals surface area contributed by atoms with Crippen molar-refractivity contribution in [1.29, 1.82) is 0 Å². The number of amides is 3. The van der Waals surface area contributed by atoms with Crippen molar-refractivity contribution in [3.63, 3.8) is 0 Å². The molecule has 0 aromatic rings. The number of hydrogen-bond donors (Lipinski definition) is 20. The summed E-state index contributed by atoms with van der Waals surface area (Å²) in [5, 5.41) is 189. The Morgan fingerprint density at radius 3 is 1.17 bits per heavy atom. The minimum atomic E-state index is -2.24. The van der Waals surface area contributed by atoms with Crippen LogP contribution in [0.3, 0.4) is 0 Å². The Hall–Kier alpha value is -2.71. The van der Waals surface area contributed by atoms with Crippen molar-refractivity contribution < 1.29 is 153 Å². The standard InChI is InChI=1S/C42H71N3O31/c1-10(51)43-19-27(59)33(73-40-30(62)28(60)22(54)13(4-46)69-40)17(8-50)72-38(19)66-9-18-26(58)34(20(37(65)67-18)44-11(2)52)74-42-32(64)36(25(57)16(7-49)71-42)76-39-21(45-12(3)53)35(24(56)15(6-48)68-39)75-41-31(63)29(61)23(55)14(5-47)70-41/h13-42,46-50,54-65H,4-9H2,1-3H3,(H,43,51)(H,44,52)(H,45,53)/t13-,14-,15-,16-,17-,18-,19-,20-,21-,22+,23+,24-,25+,26+,27-,28+,29+,30-,31-,32-,33-,34-,35-,36+,37-,38-,39+,40+,41+,42+/m1/s1. The van der Waals surface area contributed by atoms with Crippen LogP contribution in [0, 0.1) is 0 Å². The van der Waals surface area contributed by atoms with Crippen molar-refractivity contribution in [1.82, 2.24) is 16.0 Å². The van der Waals surface area contributed by atoms with Crippen LogP contribution in [0.25, 0.3) is 0 Å². The van der Waals surface area contributed by atoms with Gasteiger partial charge in [0.25, 0.3) is 0 Å². The zero-order valence-corrected chi connectivity index (χ0v) is 40.9. The second kappa shape index (κ2) is 27.2. The summed E-state index contributed by atoms with van der Waals surface area (Å²) in [6, 6.07) is -5.08. The molecule has 34 nitrogen and oxygen atoms in total. The number of carbonyl (C=O) groups excluding carboxylic acids is 3. The van der Waals surface area contributed by atoms with Gasteiger partial charge in [-0.25, -0.2) is 0 Å². The molecule has 6 aliphatic heterocycles. The van der Waals surface area contributed by atoms with E-state index in [1.807, 2.05) is 0 Å². The van der Waals surface area contributed by atoms with Crippen molar-refractivity contribution in [3.05, 3.63) is 0 Å². The summed E-state index contributed by atoms with van der Waals surface area (Å²) in [6.07, 6.45) is -50.5. The second-order valence-electron chi connectivity index (χ2n) is 19.0. The summed E-state index contributed by atoms with van der Waals surface area (Å²) >= 11 is 0. The quantitative estimate of drug-likeness (QED) is 0.0571.